The number of rotatable bonds is 4. The zero-order valence-electron chi connectivity index (χ0n) is 15.7. The van der Waals surface area contributed by atoms with Crippen LogP contribution in [0.2, 0.25) is 0 Å². The third-order valence-corrected chi connectivity index (χ3v) is 5.87. The third-order valence-electron chi connectivity index (χ3n) is 5.00. The Kier molecular flexibility index (Phi) is 4.54. The lowest BCUT2D eigenvalue weighted by atomic mass is 10.1. The van der Waals surface area contributed by atoms with Gasteiger partial charge in [-0.15, -0.1) is 11.3 Å². The Hall–Kier alpha value is -2.77. The molecule has 1 saturated heterocycles. The highest BCUT2D eigenvalue weighted by molar-refractivity contribution is 7.17. The highest BCUT2D eigenvalue weighted by atomic mass is 32.1. The van der Waals surface area contributed by atoms with Gasteiger partial charge in [0.2, 0.25) is 0 Å². The van der Waals surface area contributed by atoms with Crippen LogP contribution >= 0.6 is 11.3 Å². The molecule has 5 rings (SSSR count). The van der Waals surface area contributed by atoms with Gasteiger partial charge in [0.05, 0.1) is 24.6 Å². The molecule has 142 valence electrons. The van der Waals surface area contributed by atoms with Gasteiger partial charge < -0.3 is 9.64 Å². The normalized spacial score (nSPS) is 17.3. The number of aryl methyl sites for hydroxylation is 1. The van der Waals surface area contributed by atoms with E-state index in [9.17, 15) is 0 Å². The van der Waals surface area contributed by atoms with E-state index in [0.29, 0.717) is 6.61 Å². The Bertz CT molecular complexity index is 1080. The van der Waals surface area contributed by atoms with Gasteiger partial charge in [0.1, 0.15) is 16.5 Å². The maximum absolute atomic E-state index is 6.00. The molecule has 1 aliphatic rings. The highest BCUT2D eigenvalue weighted by Crippen LogP contribution is 2.38. The number of morpholine rings is 1. The van der Waals surface area contributed by atoms with Crippen LogP contribution in [0.25, 0.3) is 21.3 Å². The van der Waals surface area contributed by atoms with Crippen molar-refractivity contribution in [2.75, 3.05) is 24.6 Å². The monoisotopic (exact) mass is 391 g/mol. The van der Waals surface area contributed by atoms with Crippen LogP contribution in [0.5, 0.6) is 0 Å². The molecule has 0 radical (unpaired) electrons. The lowest BCUT2D eigenvalue weighted by Gasteiger charge is -2.34. The molecule has 0 saturated carbocycles. The smallest absolute Gasteiger partial charge is 0.141 e. The molecular formula is C21H21N5OS. The largest absolute Gasteiger partial charge is 0.373 e. The molecule has 4 heterocycles. The van der Waals surface area contributed by atoms with Crippen molar-refractivity contribution in [1.82, 2.24) is 19.7 Å². The second-order valence-corrected chi connectivity index (χ2v) is 7.82. The molecule has 1 aliphatic heterocycles. The summed E-state index contributed by atoms with van der Waals surface area (Å²) in [6.45, 7) is 5.00. The number of hydrogen-bond acceptors (Lipinski definition) is 6. The number of aromatic nitrogens is 4. The van der Waals surface area contributed by atoms with Crippen molar-refractivity contribution in [1.29, 1.82) is 0 Å². The van der Waals surface area contributed by atoms with Crippen molar-refractivity contribution in [2.24, 2.45) is 0 Å². The average Bonchev–Trinajstić information content (AvgIpc) is 3.38. The van der Waals surface area contributed by atoms with Gasteiger partial charge in [-0.3, -0.25) is 4.68 Å². The first-order chi connectivity index (χ1) is 13.8. The standard InChI is InChI=1S/C21H21N5OS/c1-15-23-20(25-10-11-27-17(12-25)13-26-9-5-8-22-26)19-18(14-28-21(19)24-15)16-6-3-2-4-7-16/h2-9,14,17H,10-13H2,1H3. The van der Waals surface area contributed by atoms with Gasteiger partial charge in [0.25, 0.3) is 0 Å². The fourth-order valence-electron chi connectivity index (χ4n) is 3.73. The number of fused-ring (bicyclic) bond motifs is 1. The predicted molar refractivity (Wildman–Crippen MR) is 112 cm³/mol. The Labute approximate surface area is 167 Å². The van der Waals surface area contributed by atoms with E-state index in [1.807, 2.05) is 29.9 Å². The lowest BCUT2D eigenvalue weighted by molar-refractivity contribution is 0.0272. The van der Waals surface area contributed by atoms with Crippen LogP contribution in [0.4, 0.5) is 5.82 Å². The average molecular weight is 392 g/mol. The van der Waals surface area contributed by atoms with Crippen LogP contribution in [-0.2, 0) is 11.3 Å². The van der Waals surface area contributed by atoms with Crippen LogP contribution in [0.1, 0.15) is 5.82 Å². The van der Waals surface area contributed by atoms with E-state index in [2.05, 4.69) is 39.6 Å². The molecule has 0 N–H and O–H groups in total. The maximum Gasteiger partial charge on any atom is 0.141 e. The summed E-state index contributed by atoms with van der Waals surface area (Å²) < 4.78 is 7.92. The molecule has 1 unspecified atom stereocenters. The number of ether oxygens (including phenoxy) is 1. The summed E-state index contributed by atoms with van der Waals surface area (Å²) in [5.41, 5.74) is 2.40. The van der Waals surface area contributed by atoms with Gasteiger partial charge in [-0.05, 0) is 18.6 Å². The SMILES string of the molecule is Cc1nc(N2CCOC(Cn3cccn3)C2)c2c(-c3ccccc3)csc2n1. The molecule has 1 aromatic carbocycles. The van der Waals surface area contributed by atoms with Crippen LogP contribution in [0.3, 0.4) is 0 Å². The lowest BCUT2D eigenvalue weighted by Crippen LogP contribution is -2.44. The first-order valence-corrected chi connectivity index (χ1v) is 10.3. The summed E-state index contributed by atoms with van der Waals surface area (Å²) in [5, 5.41) is 7.65. The van der Waals surface area contributed by atoms with Crippen molar-refractivity contribution < 1.29 is 4.74 Å². The van der Waals surface area contributed by atoms with E-state index in [1.54, 1.807) is 17.5 Å². The zero-order chi connectivity index (χ0) is 18.9. The van der Waals surface area contributed by atoms with Crippen LogP contribution < -0.4 is 4.90 Å². The quantitative estimate of drug-likeness (QED) is 0.530. The van der Waals surface area contributed by atoms with Crippen molar-refractivity contribution in [3.8, 4) is 11.1 Å². The van der Waals surface area contributed by atoms with E-state index >= 15 is 0 Å². The molecule has 4 aromatic rings. The van der Waals surface area contributed by atoms with Crippen LogP contribution in [0, 0.1) is 6.92 Å². The molecule has 1 atom stereocenters. The first-order valence-electron chi connectivity index (χ1n) is 9.43. The minimum atomic E-state index is 0.0813. The predicted octanol–water partition coefficient (Wildman–Crippen LogP) is 3.77. The maximum atomic E-state index is 6.00. The second kappa shape index (κ2) is 7.33. The number of nitrogens with zero attached hydrogens (tertiary/aromatic N) is 5. The topological polar surface area (TPSA) is 56.1 Å². The molecule has 7 heteroatoms. The molecule has 6 nitrogen and oxygen atoms in total. The van der Waals surface area contributed by atoms with E-state index in [-0.39, 0.29) is 6.10 Å². The Morgan fingerprint density at radius 3 is 2.89 bits per heavy atom. The summed E-state index contributed by atoms with van der Waals surface area (Å²) >= 11 is 1.68. The second-order valence-electron chi connectivity index (χ2n) is 6.96. The van der Waals surface area contributed by atoms with Gasteiger partial charge in [0.15, 0.2) is 0 Å². The summed E-state index contributed by atoms with van der Waals surface area (Å²) in [5.74, 6) is 1.82. The highest BCUT2D eigenvalue weighted by Gasteiger charge is 2.25. The number of benzene rings is 1. The number of thiophene rings is 1. The van der Waals surface area contributed by atoms with Gasteiger partial charge in [-0.2, -0.15) is 5.10 Å². The minimum Gasteiger partial charge on any atom is -0.373 e. The summed E-state index contributed by atoms with van der Waals surface area (Å²) in [6, 6.07) is 12.4. The molecule has 0 bridgehead atoms. The molecule has 28 heavy (non-hydrogen) atoms. The third kappa shape index (κ3) is 3.27. The van der Waals surface area contributed by atoms with E-state index in [4.69, 9.17) is 14.7 Å². The van der Waals surface area contributed by atoms with Gasteiger partial charge in [-0.25, -0.2) is 9.97 Å². The Morgan fingerprint density at radius 1 is 1.18 bits per heavy atom. The fourth-order valence-corrected chi connectivity index (χ4v) is 4.71. The first kappa shape index (κ1) is 17.3. The summed E-state index contributed by atoms with van der Waals surface area (Å²) in [7, 11) is 0. The number of anilines is 1. The summed E-state index contributed by atoms with van der Waals surface area (Å²) in [6.07, 6.45) is 3.86. The molecule has 3 aromatic heterocycles. The van der Waals surface area contributed by atoms with E-state index < -0.39 is 0 Å². The minimum absolute atomic E-state index is 0.0813. The van der Waals surface area contributed by atoms with E-state index in [1.165, 1.54) is 11.1 Å². The molecule has 1 fully saturated rings. The van der Waals surface area contributed by atoms with Gasteiger partial charge >= 0.3 is 0 Å². The number of hydrogen-bond donors (Lipinski definition) is 0. The van der Waals surface area contributed by atoms with Crippen LogP contribution in [-0.4, -0.2) is 45.5 Å². The van der Waals surface area contributed by atoms with Crippen molar-refractivity contribution >= 4 is 27.4 Å². The van der Waals surface area contributed by atoms with Crippen molar-refractivity contribution in [3.63, 3.8) is 0 Å². The Balaban J connectivity index is 1.53. The molecule has 0 aliphatic carbocycles. The molecule has 0 amide bonds. The molecular weight excluding hydrogens is 370 g/mol. The van der Waals surface area contributed by atoms with Crippen LogP contribution in [0.15, 0.2) is 54.2 Å². The van der Waals surface area contributed by atoms with Gasteiger partial charge in [-0.1, -0.05) is 30.3 Å². The summed E-state index contributed by atoms with van der Waals surface area (Å²) in [4.78, 5) is 12.9. The van der Waals surface area contributed by atoms with Crippen molar-refractivity contribution in [3.05, 3.63) is 60.0 Å². The molecule has 0 spiro atoms. The van der Waals surface area contributed by atoms with Crippen molar-refractivity contribution in [2.45, 2.75) is 19.6 Å². The Morgan fingerprint density at radius 2 is 2.07 bits per heavy atom. The zero-order valence-corrected chi connectivity index (χ0v) is 16.5. The van der Waals surface area contributed by atoms with E-state index in [0.717, 1.165) is 41.5 Å². The fraction of sp³-hybridized carbons (Fsp3) is 0.286. The van der Waals surface area contributed by atoms with Gasteiger partial charge in [0, 0.05) is 36.4 Å².